The maximum absolute atomic E-state index is 12.6. The van der Waals surface area contributed by atoms with Gasteiger partial charge in [0.25, 0.3) is 0 Å². The second-order valence-electron chi connectivity index (χ2n) is 7.04. The molecule has 1 heterocycles. The van der Waals surface area contributed by atoms with Gasteiger partial charge in [-0.2, -0.15) is 0 Å². The molecule has 0 spiro atoms. The molecule has 27 heavy (non-hydrogen) atoms. The highest BCUT2D eigenvalue weighted by atomic mass is 35.5. The number of rotatable bonds is 6. The number of allylic oxidation sites excluding steroid dienone is 1. The molecule has 0 radical (unpaired) electrons. The minimum Gasteiger partial charge on any atom is -0.488 e. The number of ether oxygens (including phenoxy) is 2. The molecule has 6 nitrogen and oxygen atoms in total. The molecule has 148 valence electrons. The van der Waals surface area contributed by atoms with Gasteiger partial charge in [-0.15, -0.1) is 0 Å². The standard InChI is InChI=1S/C19H24Cl2N2O4/c1-9(2)8-26-18(24)15-11(5)22-19(25)23-16(15)12-6-13(20)17(14(21)7-12)27-10(3)4/h6-7,9-10,16H,8H2,1-5H3,(H2,22,23,25). The number of halogens is 2. The molecule has 8 heteroatoms. The van der Waals surface area contributed by atoms with Gasteiger partial charge in [-0.3, -0.25) is 0 Å². The summed E-state index contributed by atoms with van der Waals surface area (Å²) in [4.78, 5) is 24.6. The second kappa shape index (κ2) is 8.85. The minimum atomic E-state index is -0.735. The van der Waals surface area contributed by atoms with Crippen molar-refractivity contribution in [2.45, 2.75) is 46.8 Å². The summed E-state index contributed by atoms with van der Waals surface area (Å²) < 4.78 is 11.0. The third-order valence-corrected chi connectivity index (χ3v) is 4.31. The molecule has 1 aliphatic heterocycles. The molecular weight excluding hydrogens is 391 g/mol. The number of hydrogen-bond donors (Lipinski definition) is 2. The Morgan fingerprint density at radius 3 is 2.30 bits per heavy atom. The molecule has 2 rings (SSSR count). The molecule has 1 atom stereocenters. The van der Waals surface area contributed by atoms with Gasteiger partial charge in [-0.25, -0.2) is 9.59 Å². The van der Waals surface area contributed by atoms with Crippen LogP contribution in [0.1, 0.15) is 46.2 Å². The van der Waals surface area contributed by atoms with E-state index in [1.807, 2.05) is 27.7 Å². The zero-order chi connectivity index (χ0) is 20.3. The predicted molar refractivity (Wildman–Crippen MR) is 105 cm³/mol. The Kier molecular flexibility index (Phi) is 7.00. The number of benzene rings is 1. The molecule has 1 unspecified atom stereocenters. The Balaban J connectivity index is 2.43. The molecule has 2 amide bonds. The Bertz CT molecular complexity index is 752. The van der Waals surface area contributed by atoms with E-state index >= 15 is 0 Å². The van der Waals surface area contributed by atoms with E-state index in [0.717, 1.165) is 0 Å². The molecule has 0 aliphatic carbocycles. The fraction of sp³-hybridized carbons (Fsp3) is 0.474. The molecule has 0 aromatic heterocycles. The molecule has 0 saturated carbocycles. The fourth-order valence-electron chi connectivity index (χ4n) is 2.63. The van der Waals surface area contributed by atoms with Crippen molar-refractivity contribution in [3.05, 3.63) is 39.0 Å². The van der Waals surface area contributed by atoms with Crippen molar-refractivity contribution in [2.24, 2.45) is 5.92 Å². The van der Waals surface area contributed by atoms with Crippen molar-refractivity contribution < 1.29 is 19.1 Å². The zero-order valence-corrected chi connectivity index (χ0v) is 17.5. The van der Waals surface area contributed by atoms with Crippen molar-refractivity contribution in [2.75, 3.05) is 6.61 Å². The predicted octanol–water partition coefficient (Wildman–Crippen LogP) is 4.61. The first-order chi connectivity index (χ1) is 12.6. The van der Waals surface area contributed by atoms with Gasteiger partial charge in [-0.05, 0) is 44.4 Å². The third kappa shape index (κ3) is 5.30. The third-order valence-electron chi connectivity index (χ3n) is 3.74. The lowest BCUT2D eigenvalue weighted by molar-refractivity contribution is -0.140. The molecule has 0 saturated heterocycles. The normalized spacial score (nSPS) is 17.1. The van der Waals surface area contributed by atoms with Crippen LogP contribution in [0, 0.1) is 5.92 Å². The lowest BCUT2D eigenvalue weighted by Crippen LogP contribution is -2.45. The molecule has 1 aromatic carbocycles. The molecule has 0 bridgehead atoms. The van der Waals surface area contributed by atoms with Crippen LogP contribution in [0.3, 0.4) is 0 Å². The van der Waals surface area contributed by atoms with Crippen LogP contribution in [-0.4, -0.2) is 24.7 Å². The van der Waals surface area contributed by atoms with E-state index in [-0.39, 0.29) is 18.6 Å². The summed E-state index contributed by atoms with van der Waals surface area (Å²) in [6.45, 7) is 9.54. The van der Waals surface area contributed by atoms with Gasteiger partial charge in [0.15, 0.2) is 5.75 Å². The molecule has 1 aromatic rings. The Labute approximate surface area is 169 Å². The van der Waals surface area contributed by atoms with Crippen molar-refractivity contribution in [3.63, 3.8) is 0 Å². The number of carbonyl (C=O) groups is 2. The molecular formula is C19H24Cl2N2O4. The Hall–Kier alpha value is -1.92. The monoisotopic (exact) mass is 414 g/mol. The number of esters is 1. The second-order valence-corrected chi connectivity index (χ2v) is 7.86. The van der Waals surface area contributed by atoms with Gasteiger partial charge in [0, 0.05) is 5.70 Å². The van der Waals surface area contributed by atoms with E-state index in [9.17, 15) is 9.59 Å². The van der Waals surface area contributed by atoms with E-state index < -0.39 is 18.0 Å². The largest absolute Gasteiger partial charge is 0.488 e. The Morgan fingerprint density at radius 2 is 1.78 bits per heavy atom. The average molecular weight is 415 g/mol. The van der Waals surface area contributed by atoms with Crippen molar-refractivity contribution in [1.82, 2.24) is 10.6 Å². The van der Waals surface area contributed by atoms with Crippen LogP contribution in [0.4, 0.5) is 4.79 Å². The lowest BCUT2D eigenvalue weighted by Gasteiger charge is -2.29. The van der Waals surface area contributed by atoms with E-state index in [2.05, 4.69) is 10.6 Å². The van der Waals surface area contributed by atoms with Crippen LogP contribution < -0.4 is 15.4 Å². The Morgan fingerprint density at radius 1 is 1.19 bits per heavy atom. The minimum absolute atomic E-state index is 0.104. The first-order valence-electron chi connectivity index (χ1n) is 8.71. The van der Waals surface area contributed by atoms with Crippen LogP contribution in [0.15, 0.2) is 23.4 Å². The summed E-state index contributed by atoms with van der Waals surface area (Å²) in [5.41, 5.74) is 1.29. The van der Waals surface area contributed by atoms with Crippen molar-refractivity contribution in [3.8, 4) is 5.75 Å². The van der Waals surface area contributed by atoms with E-state index in [0.29, 0.717) is 32.6 Å². The summed E-state index contributed by atoms with van der Waals surface area (Å²) >= 11 is 12.7. The molecule has 1 aliphatic rings. The van der Waals surface area contributed by atoms with Gasteiger partial charge in [0.2, 0.25) is 0 Å². The van der Waals surface area contributed by atoms with Crippen molar-refractivity contribution in [1.29, 1.82) is 0 Å². The zero-order valence-electron chi connectivity index (χ0n) is 16.0. The smallest absolute Gasteiger partial charge is 0.338 e. The van der Waals surface area contributed by atoms with Gasteiger partial charge in [0.1, 0.15) is 0 Å². The maximum atomic E-state index is 12.6. The van der Waals surface area contributed by atoms with Crippen LogP contribution >= 0.6 is 23.2 Å². The van der Waals surface area contributed by atoms with Gasteiger partial charge < -0.3 is 20.1 Å². The van der Waals surface area contributed by atoms with Crippen LogP contribution in [0.2, 0.25) is 10.0 Å². The number of urea groups is 1. The highest BCUT2D eigenvalue weighted by molar-refractivity contribution is 6.37. The highest BCUT2D eigenvalue weighted by Gasteiger charge is 2.33. The average Bonchev–Trinajstić information content (AvgIpc) is 2.54. The maximum Gasteiger partial charge on any atom is 0.338 e. The summed E-state index contributed by atoms with van der Waals surface area (Å²) in [5.74, 6) is 0.0474. The number of hydrogen-bond acceptors (Lipinski definition) is 4. The van der Waals surface area contributed by atoms with Crippen LogP contribution in [-0.2, 0) is 9.53 Å². The van der Waals surface area contributed by atoms with Gasteiger partial charge in [0.05, 0.1) is 34.4 Å². The fourth-order valence-corrected chi connectivity index (χ4v) is 3.22. The lowest BCUT2D eigenvalue weighted by atomic mass is 9.95. The van der Waals surface area contributed by atoms with Crippen molar-refractivity contribution >= 4 is 35.2 Å². The number of amides is 2. The number of carbonyl (C=O) groups excluding carboxylic acids is 2. The summed E-state index contributed by atoms with van der Waals surface area (Å²) in [6.07, 6.45) is -0.104. The first kappa shape index (κ1) is 21.4. The van der Waals surface area contributed by atoms with Crippen LogP contribution in [0.25, 0.3) is 0 Å². The van der Waals surface area contributed by atoms with Gasteiger partial charge in [-0.1, -0.05) is 37.0 Å². The quantitative estimate of drug-likeness (QED) is 0.666. The molecule has 2 N–H and O–H groups in total. The number of nitrogens with one attached hydrogen (secondary N) is 2. The van der Waals surface area contributed by atoms with E-state index in [4.69, 9.17) is 32.7 Å². The van der Waals surface area contributed by atoms with Crippen LogP contribution in [0.5, 0.6) is 5.75 Å². The highest BCUT2D eigenvalue weighted by Crippen LogP contribution is 2.39. The molecule has 0 fully saturated rings. The summed E-state index contributed by atoms with van der Waals surface area (Å²) in [5, 5.41) is 5.93. The van der Waals surface area contributed by atoms with E-state index in [1.54, 1.807) is 19.1 Å². The summed E-state index contributed by atoms with van der Waals surface area (Å²) in [7, 11) is 0. The topological polar surface area (TPSA) is 76.7 Å². The van der Waals surface area contributed by atoms with Gasteiger partial charge >= 0.3 is 12.0 Å². The SMILES string of the molecule is CC1=C(C(=O)OCC(C)C)C(c2cc(Cl)c(OC(C)C)c(Cl)c2)NC(=O)N1. The van der Waals surface area contributed by atoms with E-state index in [1.165, 1.54) is 0 Å². The first-order valence-corrected chi connectivity index (χ1v) is 9.46. The summed E-state index contributed by atoms with van der Waals surface area (Å²) in [6, 6.07) is 2.10.